The van der Waals surface area contributed by atoms with E-state index in [2.05, 4.69) is 188 Å². The van der Waals surface area contributed by atoms with Crippen LogP contribution in [0.25, 0.3) is 132 Å². The molecular formula is C59H35N3O. The molecule has 0 aliphatic rings. The maximum Gasteiger partial charge on any atom is 0.136 e. The van der Waals surface area contributed by atoms with Crippen LogP contribution in [-0.2, 0) is 0 Å². The number of aromatic nitrogens is 3. The van der Waals surface area contributed by atoms with Gasteiger partial charge in [0.1, 0.15) is 11.2 Å². The van der Waals surface area contributed by atoms with E-state index in [4.69, 9.17) is 19.4 Å². The Morgan fingerprint density at radius 1 is 0.302 bits per heavy atom. The number of para-hydroxylation sites is 2. The summed E-state index contributed by atoms with van der Waals surface area (Å²) >= 11 is 0. The fourth-order valence-corrected chi connectivity index (χ4v) is 9.53. The quantitative estimate of drug-likeness (QED) is 0.163. The van der Waals surface area contributed by atoms with Crippen molar-refractivity contribution in [2.75, 3.05) is 0 Å². The summed E-state index contributed by atoms with van der Waals surface area (Å²) in [6.07, 6.45) is 0. The minimum Gasteiger partial charge on any atom is -0.456 e. The van der Waals surface area contributed by atoms with Gasteiger partial charge < -0.3 is 4.42 Å². The van der Waals surface area contributed by atoms with Crippen LogP contribution in [0.5, 0.6) is 0 Å². The first kappa shape index (κ1) is 35.3. The number of rotatable bonds is 5. The van der Waals surface area contributed by atoms with Crippen LogP contribution in [0.1, 0.15) is 0 Å². The highest BCUT2D eigenvalue weighted by atomic mass is 16.3. The molecule has 4 aromatic heterocycles. The first-order valence-corrected chi connectivity index (χ1v) is 21.3. The van der Waals surface area contributed by atoms with Crippen LogP contribution < -0.4 is 0 Å². The summed E-state index contributed by atoms with van der Waals surface area (Å²) in [6.45, 7) is 0. The van der Waals surface area contributed by atoms with Crippen molar-refractivity contribution < 1.29 is 4.42 Å². The van der Waals surface area contributed by atoms with Crippen molar-refractivity contribution >= 4 is 76.2 Å². The number of fused-ring (bicyclic) bond motifs is 10. The zero-order valence-corrected chi connectivity index (χ0v) is 34.0. The van der Waals surface area contributed by atoms with E-state index < -0.39 is 0 Å². The van der Waals surface area contributed by atoms with Crippen molar-refractivity contribution in [3.63, 3.8) is 0 Å². The summed E-state index contributed by atoms with van der Waals surface area (Å²) in [7, 11) is 0. The molecule has 0 bridgehead atoms. The molecule has 63 heavy (non-hydrogen) atoms. The van der Waals surface area contributed by atoms with Gasteiger partial charge in [-0.25, -0.2) is 15.0 Å². The van der Waals surface area contributed by atoms with Crippen molar-refractivity contribution in [1.29, 1.82) is 0 Å². The third-order valence-corrected chi connectivity index (χ3v) is 12.6. The molecule has 0 spiro atoms. The van der Waals surface area contributed by atoms with E-state index in [0.717, 1.165) is 116 Å². The molecule has 4 heteroatoms. The topological polar surface area (TPSA) is 51.8 Å². The highest BCUT2D eigenvalue weighted by Gasteiger charge is 2.21. The average Bonchev–Trinajstić information content (AvgIpc) is 3.73. The molecule has 0 saturated carbocycles. The number of furan rings is 1. The van der Waals surface area contributed by atoms with Crippen LogP contribution in [0.2, 0.25) is 0 Å². The lowest BCUT2D eigenvalue weighted by Crippen LogP contribution is -1.93. The smallest absolute Gasteiger partial charge is 0.136 e. The van der Waals surface area contributed by atoms with Crippen LogP contribution in [0.3, 0.4) is 0 Å². The Morgan fingerprint density at radius 3 is 1.57 bits per heavy atom. The summed E-state index contributed by atoms with van der Waals surface area (Å²) < 4.78 is 6.59. The molecule has 4 nitrogen and oxygen atoms in total. The van der Waals surface area contributed by atoms with Gasteiger partial charge in [0.05, 0.1) is 33.6 Å². The first-order chi connectivity index (χ1) is 31.2. The molecule has 9 aromatic carbocycles. The van der Waals surface area contributed by atoms with Gasteiger partial charge in [-0.05, 0) is 69.9 Å². The van der Waals surface area contributed by atoms with Crippen LogP contribution >= 0.6 is 0 Å². The molecule has 0 aliphatic carbocycles. The third kappa shape index (κ3) is 5.80. The molecule has 0 fully saturated rings. The second-order valence-electron chi connectivity index (χ2n) is 16.3. The summed E-state index contributed by atoms with van der Waals surface area (Å²) in [4.78, 5) is 15.7. The second-order valence-corrected chi connectivity index (χ2v) is 16.3. The normalized spacial score (nSPS) is 11.8. The molecule has 292 valence electrons. The number of hydrogen-bond donors (Lipinski definition) is 0. The van der Waals surface area contributed by atoms with Crippen LogP contribution in [0.15, 0.2) is 217 Å². The lowest BCUT2D eigenvalue weighted by atomic mass is 9.89. The molecule has 0 amide bonds. The van der Waals surface area contributed by atoms with Crippen LogP contribution in [0, 0.1) is 0 Å². The molecule has 0 radical (unpaired) electrons. The van der Waals surface area contributed by atoms with Crippen molar-refractivity contribution in [2.24, 2.45) is 0 Å². The monoisotopic (exact) mass is 801 g/mol. The van der Waals surface area contributed by atoms with Crippen molar-refractivity contribution in [3.05, 3.63) is 212 Å². The van der Waals surface area contributed by atoms with Gasteiger partial charge in [0.2, 0.25) is 0 Å². The standard InChI is InChI=1S/C59H35N3O/c1-3-11-37(12-4-1)49-31-29-40-23-24-41-30-32-50(61-59(41)58(40)60-49)45-28-27-43-33-42(25-26-44(43)34-45)36-19-21-39(22-20-36)57-48-35-53-56(47-16-8-10-18-52(47)63-53)54(38-13-5-2-6-14-38)55(48)46-15-7-9-17-51(46)62-57/h1-35H. The van der Waals surface area contributed by atoms with E-state index in [0.29, 0.717) is 0 Å². The van der Waals surface area contributed by atoms with Gasteiger partial charge in [-0.3, -0.25) is 0 Å². The van der Waals surface area contributed by atoms with E-state index in [-0.39, 0.29) is 0 Å². The van der Waals surface area contributed by atoms with Crippen molar-refractivity contribution in [3.8, 4) is 56.0 Å². The molecule has 0 aliphatic heterocycles. The largest absolute Gasteiger partial charge is 0.456 e. The maximum absolute atomic E-state index is 6.59. The number of nitrogens with zero attached hydrogens (tertiary/aromatic N) is 3. The predicted octanol–water partition coefficient (Wildman–Crippen LogP) is 15.9. The molecule has 13 rings (SSSR count). The molecule has 0 unspecified atom stereocenters. The number of hydrogen-bond acceptors (Lipinski definition) is 4. The summed E-state index contributed by atoms with van der Waals surface area (Å²) in [5.74, 6) is 0. The van der Waals surface area contributed by atoms with Crippen molar-refractivity contribution in [2.45, 2.75) is 0 Å². The second kappa shape index (κ2) is 14.1. The van der Waals surface area contributed by atoms with Gasteiger partial charge >= 0.3 is 0 Å². The van der Waals surface area contributed by atoms with Gasteiger partial charge in [0, 0.05) is 60.0 Å². The Kier molecular flexibility index (Phi) is 7.87. The van der Waals surface area contributed by atoms with Gasteiger partial charge in [0.15, 0.2) is 0 Å². The van der Waals surface area contributed by atoms with Crippen LogP contribution in [-0.4, -0.2) is 15.0 Å². The SMILES string of the molecule is c1ccc(-c2ccc3ccc4ccc(-c5ccc6cc(-c7ccc(-c8nc9ccccc9c9c(-c%10ccccc%10)c%10c(cc89)oc8ccccc8%10)cc7)ccc6c5)nc4c3n2)cc1. The number of pyridine rings is 3. The molecular weight excluding hydrogens is 767 g/mol. The Bertz CT molecular complexity index is 3950. The lowest BCUT2D eigenvalue weighted by molar-refractivity contribution is 0.669. The molecule has 13 aromatic rings. The Morgan fingerprint density at radius 2 is 0.841 bits per heavy atom. The number of benzene rings is 9. The van der Waals surface area contributed by atoms with E-state index in [1.165, 1.54) is 16.3 Å². The summed E-state index contributed by atoms with van der Waals surface area (Å²) in [5.41, 5.74) is 15.2. The van der Waals surface area contributed by atoms with E-state index >= 15 is 0 Å². The van der Waals surface area contributed by atoms with E-state index in [9.17, 15) is 0 Å². The van der Waals surface area contributed by atoms with Gasteiger partial charge in [-0.2, -0.15) is 0 Å². The van der Waals surface area contributed by atoms with E-state index in [1.54, 1.807) is 0 Å². The first-order valence-electron chi connectivity index (χ1n) is 21.3. The minimum atomic E-state index is 0.858. The maximum atomic E-state index is 6.59. The van der Waals surface area contributed by atoms with Gasteiger partial charge in [-0.15, -0.1) is 0 Å². The minimum absolute atomic E-state index is 0.858. The molecule has 0 atom stereocenters. The van der Waals surface area contributed by atoms with E-state index in [1.807, 2.05) is 24.3 Å². The predicted molar refractivity (Wildman–Crippen MR) is 262 cm³/mol. The highest BCUT2D eigenvalue weighted by Crippen LogP contribution is 2.46. The highest BCUT2D eigenvalue weighted by molar-refractivity contribution is 6.27. The molecule has 4 heterocycles. The fourth-order valence-electron chi connectivity index (χ4n) is 9.53. The fraction of sp³-hybridized carbons (Fsp3) is 0. The Balaban J connectivity index is 0.884. The van der Waals surface area contributed by atoms with Crippen LogP contribution in [0.4, 0.5) is 0 Å². The average molecular weight is 802 g/mol. The lowest BCUT2D eigenvalue weighted by Gasteiger charge is -2.16. The van der Waals surface area contributed by atoms with Gasteiger partial charge in [0.25, 0.3) is 0 Å². The molecule has 0 saturated heterocycles. The summed E-state index contributed by atoms with van der Waals surface area (Å²) in [6, 6.07) is 75.0. The third-order valence-electron chi connectivity index (χ3n) is 12.6. The zero-order chi connectivity index (χ0) is 41.4. The summed E-state index contributed by atoms with van der Waals surface area (Å²) in [5, 5.41) is 10.1. The van der Waals surface area contributed by atoms with Crippen molar-refractivity contribution in [1.82, 2.24) is 15.0 Å². The van der Waals surface area contributed by atoms with Gasteiger partial charge in [-0.1, -0.05) is 170 Å². The Hall–Kier alpha value is -8.47. The zero-order valence-electron chi connectivity index (χ0n) is 34.0. The molecule has 0 N–H and O–H groups in total. The Labute approximate surface area is 362 Å².